The molecule has 2 aromatic carbocycles. The standard InChI is InChI=1S/C21H25ClN4O4S/c1-14-5-7-16(31(29,30)26-9-3-2-4-10-26)12-19(14)25-20(27)13-24-18-8-6-15(22)11-17(18)21(23)28/h5-8,11-12,24H,2-4,9-10,13H2,1H3,(H2,23,28)(H,25,27). The molecule has 0 aliphatic carbocycles. The van der Waals surface area contributed by atoms with Crippen molar-refractivity contribution >= 4 is 44.8 Å². The number of anilines is 2. The molecule has 3 rings (SSSR count). The molecule has 0 saturated carbocycles. The molecule has 1 aliphatic rings. The monoisotopic (exact) mass is 464 g/mol. The molecule has 10 heteroatoms. The van der Waals surface area contributed by atoms with Crippen molar-refractivity contribution in [2.45, 2.75) is 31.1 Å². The average molecular weight is 465 g/mol. The molecule has 0 bridgehead atoms. The second kappa shape index (κ2) is 9.67. The highest BCUT2D eigenvalue weighted by molar-refractivity contribution is 7.89. The Hall–Kier alpha value is -2.62. The van der Waals surface area contributed by atoms with E-state index in [4.69, 9.17) is 17.3 Å². The fraction of sp³-hybridized carbons (Fsp3) is 0.333. The minimum absolute atomic E-state index is 0.148. The van der Waals surface area contributed by atoms with Gasteiger partial charge < -0.3 is 16.4 Å². The predicted molar refractivity (Wildman–Crippen MR) is 121 cm³/mol. The molecule has 1 aliphatic heterocycles. The first-order chi connectivity index (χ1) is 14.7. The molecule has 2 amide bonds. The lowest BCUT2D eigenvalue weighted by molar-refractivity contribution is -0.114. The van der Waals surface area contributed by atoms with Crippen molar-refractivity contribution in [3.8, 4) is 0 Å². The third kappa shape index (κ3) is 5.55. The summed E-state index contributed by atoms with van der Waals surface area (Å²) in [5, 5.41) is 5.94. The zero-order valence-electron chi connectivity index (χ0n) is 17.2. The Morgan fingerprint density at radius 3 is 2.45 bits per heavy atom. The number of amides is 2. The number of aryl methyl sites for hydroxylation is 1. The normalized spacial score (nSPS) is 14.8. The molecule has 0 unspecified atom stereocenters. The van der Waals surface area contributed by atoms with E-state index in [1.54, 1.807) is 31.2 Å². The summed E-state index contributed by atoms with van der Waals surface area (Å²) in [5.74, 6) is -1.07. The lowest BCUT2D eigenvalue weighted by atomic mass is 10.1. The summed E-state index contributed by atoms with van der Waals surface area (Å²) in [6.45, 7) is 2.64. The van der Waals surface area contributed by atoms with Crippen molar-refractivity contribution in [2.75, 3.05) is 30.3 Å². The first-order valence-electron chi connectivity index (χ1n) is 9.92. The number of hydrogen-bond donors (Lipinski definition) is 3. The maximum atomic E-state index is 12.9. The summed E-state index contributed by atoms with van der Waals surface area (Å²) in [4.78, 5) is 24.2. The Morgan fingerprint density at radius 2 is 1.77 bits per heavy atom. The number of nitrogens with two attached hydrogens (primary N) is 1. The van der Waals surface area contributed by atoms with Gasteiger partial charge in [-0.05, 0) is 55.7 Å². The topological polar surface area (TPSA) is 122 Å². The minimum atomic E-state index is -3.61. The summed E-state index contributed by atoms with van der Waals surface area (Å²) in [5.41, 5.74) is 7.05. The van der Waals surface area contributed by atoms with Gasteiger partial charge in [-0.15, -0.1) is 0 Å². The first kappa shape index (κ1) is 23.1. The molecule has 0 aromatic heterocycles. The number of nitrogens with zero attached hydrogens (tertiary/aromatic N) is 1. The van der Waals surface area contributed by atoms with E-state index in [-0.39, 0.29) is 17.0 Å². The Morgan fingerprint density at radius 1 is 1.06 bits per heavy atom. The van der Waals surface area contributed by atoms with Gasteiger partial charge in [0.2, 0.25) is 15.9 Å². The maximum absolute atomic E-state index is 12.9. The molecule has 0 radical (unpaired) electrons. The molecule has 8 nitrogen and oxygen atoms in total. The van der Waals surface area contributed by atoms with Crippen LogP contribution in [0, 0.1) is 6.92 Å². The van der Waals surface area contributed by atoms with Crippen molar-refractivity contribution in [1.29, 1.82) is 0 Å². The van der Waals surface area contributed by atoms with E-state index >= 15 is 0 Å². The van der Waals surface area contributed by atoms with Crippen LogP contribution in [0.1, 0.15) is 35.2 Å². The van der Waals surface area contributed by atoms with E-state index in [2.05, 4.69) is 10.6 Å². The number of piperidine rings is 1. The van der Waals surface area contributed by atoms with Gasteiger partial charge in [0, 0.05) is 29.5 Å². The quantitative estimate of drug-likeness (QED) is 0.581. The van der Waals surface area contributed by atoms with E-state index in [9.17, 15) is 18.0 Å². The molecule has 4 N–H and O–H groups in total. The number of sulfonamides is 1. The van der Waals surface area contributed by atoms with Crippen LogP contribution in [-0.4, -0.2) is 44.2 Å². The summed E-state index contributed by atoms with van der Waals surface area (Å²) in [7, 11) is -3.61. The van der Waals surface area contributed by atoms with Gasteiger partial charge in [-0.25, -0.2) is 8.42 Å². The highest BCUT2D eigenvalue weighted by Gasteiger charge is 2.26. The Balaban J connectivity index is 1.72. The number of carbonyl (C=O) groups is 2. The SMILES string of the molecule is Cc1ccc(S(=O)(=O)N2CCCCC2)cc1NC(=O)CNc1ccc(Cl)cc1C(N)=O. The van der Waals surface area contributed by atoms with Crippen LogP contribution in [0.15, 0.2) is 41.3 Å². The number of carbonyl (C=O) groups excluding carboxylic acids is 2. The van der Waals surface area contributed by atoms with E-state index < -0.39 is 21.8 Å². The third-order valence-corrected chi connectivity index (χ3v) is 7.25. The molecule has 2 aromatic rings. The van der Waals surface area contributed by atoms with Gasteiger partial charge in [-0.1, -0.05) is 24.1 Å². The third-order valence-electron chi connectivity index (χ3n) is 5.12. The molecule has 166 valence electrons. The van der Waals surface area contributed by atoms with Crippen LogP contribution in [-0.2, 0) is 14.8 Å². The molecule has 0 atom stereocenters. The number of rotatable bonds is 7. The van der Waals surface area contributed by atoms with Gasteiger partial charge in [0.05, 0.1) is 17.0 Å². The van der Waals surface area contributed by atoms with Crippen LogP contribution in [0.25, 0.3) is 0 Å². The van der Waals surface area contributed by atoms with Gasteiger partial charge in [0.25, 0.3) is 5.91 Å². The predicted octanol–water partition coefficient (Wildman–Crippen LogP) is 2.97. The Labute approximate surface area is 186 Å². The fourth-order valence-corrected chi connectivity index (χ4v) is 5.11. The molecule has 0 spiro atoms. The zero-order valence-corrected chi connectivity index (χ0v) is 18.7. The van der Waals surface area contributed by atoms with Crippen molar-refractivity contribution in [2.24, 2.45) is 5.73 Å². The summed E-state index contributed by atoms with van der Waals surface area (Å²) in [6, 6.07) is 9.27. The van der Waals surface area contributed by atoms with Crippen molar-refractivity contribution in [3.05, 3.63) is 52.5 Å². The van der Waals surface area contributed by atoms with Gasteiger partial charge >= 0.3 is 0 Å². The van der Waals surface area contributed by atoms with Gasteiger partial charge in [0.1, 0.15) is 0 Å². The van der Waals surface area contributed by atoms with E-state index in [1.807, 2.05) is 0 Å². The average Bonchev–Trinajstić information content (AvgIpc) is 2.74. The Bertz CT molecular complexity index is 1100. The molecular formula is C21H25ClN4O4S. The lowest BCUT2D eigenvalue weighted by Crippen LogP contribution is -2.35. The van der Waals surface area contributed by atoms with Crippen LogP contribution in [0.3, 0.4) is 0 Å². The van der Waals surface area contributed by atoms with Crippen LogP contribution in [0.4, 0.5) is 11.4 Å². The van der Waals surface area contributed by atoms with Crippen LogP contribution in [0.5, 0.6) is 0 Å². The number of halogens is 1. The molecule has 1 saturated heterocycles. The van der Waals surface area contributed by atoms with Crippen LogP contribution < -0.4 is 16.4 Å². The number of benzene rings is 2. The van der Waals surface area contributed by atoms with Crippen molar-refractivity contribution in [3.63, 3.8) is 0 Å². The largest absolute Gasteiger partial charge is 0.375 e. The van der Waals surface area contributed by atoms with Crippen molar-refractivity contribution < 1.29 is 18.0 Å². The molecule has 1 fully saturated rings. The number of primary amides is 1. The second-order valence-corrected chi connectivity index (χ2v) is 9.77. The molecule has 1 heterocycles. The highest BCUT2D eigenvalue weighted by atomic mass is 35.5. The minimum Gasteiger partial charge on any atom is -0.375 e. The van der Waals surface area contributed by atoms with E-state index in [1.165, 1.54) is 16.4 Å². The number of hydrogen-bond acceptors (Lipinski definition) is 5. The van der Waals surface area contributed by atoms with E-state index in [0.717, 1.165) is 24.8 Å². The smallest absolute Gasteiger partial charge is 0.250 e. The summed E-state index contributed by atoms with van der Waals surface area (Å²) in [6.07, 6.45) is 2.72. The molecule has 31 heavy (non-hydrogen) atoms. The second-order valence-electron chi connectivity index (χ2n) is 7.40. The first-order valence-corrected chi connectivity index (χ1v) is 11.7. The van der Waals surface area contributed by atoms with Crippen LogP contribution in [0.2, 0.25) is 5.02 Å². The van der Waals surface area contributed by atoms with Gasteiger partial charge in [-0.3, -0.25) is 9.59 Å². The maximum Gasteiger partial charge on any atom is 0.250 e. The number of nitrogens with one attached hydrogen (secondary N) is 2. The Kier molecular flexibility index (Phi) is 7.19. The zero-order chi connectivity index (χ0) is 22.6. The molecular weight excluding hydrogens is 440 g/mol. The van der Waals surface area contributed by atoms with Gasteiger partial charge in [-0.2, -0.15) is 4.31 Å². The fourth-order valence-electron chi connectivity index (χ4n) is 3.39. The highest BCUT2D eigenvalue weighted by Crippen LogP contribution is 2.25. The van der Waals surface area contributed by atoms with Crippen LogP contribution >= 0.6 is 11.6 Å². The van der Waals surface area contributed by atoms with E-state index in [0.29, 0.717) is 29.5 Å². The van der Waals surface area contributed by atoms with Crippen molar-refractivity contribution in [1.82, 2.24) is 4.31 Å². The lowest BCUT2D eigenvalue weighted by Gasteiger charge is -2.26. The van der Waals surface area contributed by atoms with Gasteiger partial charge in [0.15, 0.2) is 0 Å². The summed E-state index contributed by atoms with van der Waals surface area (Å²) < 4.78 is 27.3. The summed E-state index contributed by atoms with van der Waals surface area (Å²) >= 11 is 5.89.